The Morgan fingerprint density at radius 1 is 1.43 bits per heavy atom. The predicted octanol–water partition coefficient (Wildman–Crippen LogP) is 2.39. The van der Waals surface area contributed by atoms with E-state index in [4.69, 9.17) is 0 Å². The average Bonchev–Trinajstić information content (AvgIpc) is 2.19. The van der Waals surface area contributed by atoms with Crippen molar-refractivity contribution in [2.45, 2.75) is 57.2 Å². The van der Waals surface area contributed by atoms with Crippen LogP contribution in [0.4, 0.5) is 0 Å². The monoisotopic (exact) mass is 215 g/mol. The summed E-state index contributed by atoms with van der Waals surface area (Å²) in [5.41, 5.74) is 0. The zero-order valence-electron chi connectivity index (χ0n) is 9.12. The molecule has 14 heavy (non-hydrogen) atoms. The van der Waals surface area contributed by atoms with Crippen LogP contribution < -0.4 is 5.32 Å². The number of carbonyl (C=O) groups excluding carboxylic acids is 1. The third kappa shape index (κ3) is 3.52. The van der Waals surface area contributed by atoms with E-state index in [1.807, 2.05) is 6.92 Å². The molecule has 0 aromatic carbocycles. The SMILES string of the molecule is CCC1CCC(NC(=O)C(C)S)CC1. The van der Waals surface area contributed by atoms with Gasteiger partial charge in [-0.25, -0.2) is 0 Å². The molecule has 1 aliphatic carbocycles. The molecule has 0 spiro atoms. The number of hydrogen-bond donors (Lipinski definition) is 2. The molecule has 1 saturated carbocycles. The van der Waals surface area contributed by atoms with Crippen LogP contribution in [0.2, 0.25) is 0 Å². The topological polar surface area (TPSA) is 29.1 Å². The molecule has 0 heterocycles. The van der Waals surface area contributed by atoms with Crippen LogP contribution in [0.1, 0.15) is 46.0 Å². The van der Waals surface area contributed by atoms with Crippen LogP contribution in [0.5, 0.6) is 0 Å². The molecular formula is C11H21NOS. The van der Waals surface area contributed by atoms with Crippen molar-refractivity contribution >= 4 is 18.5 Å². The van der Waals surface area contributed by atoms with Crippen molar-refractivity contribution in [2.24, 2.45) is 5.92 Å². The molecule has 1 aliphatic rings. The first kappa shape index (κ1) is 11.9. The molecular weight excluding hydrogens is 194 g/mol. The first-order valence-corrected chi connectivity index (χ1v) is 6.13. The van der Waals surface area contributed by atoms with Gasteiger partial charge in [-0.3, -0.25) is 4.79 Å². The summed E-state index contributed by atoms with van der Waals surface area (Å²) in [6.07, 6.45) is 6.10. The second-order valence-corrected chi connectivity index (χ2v) is 5.09. The van der Waals surface area contributed by atoms with Gasteiger partial charge in [-0.1, -0.05) is 13.3 Å². The molecule has 0 aliphatic heterocycles. The van der Waals surface area contributed by atoms with Crippen molar-refractivity contribution in [2.75, 3.05) is 0 Å². The molecule has 0 aromatic rings. The van der Waals surface area contributed by atoms with Crippen molar-refractivity contribution in [3.63, 3.8) is 0 Å². The summed E-state index contributed by atoms with van der Waals surface area (Å²) in [6, 6.07) is 0.403. The second kappa shape index (κ2) is 5.64. The summed E-state index contributed by atoms with van der Waals surface area (Å²) >= 11 is 4.12. The van der Waals surface area contributed by atoms with Gasteiger partial charge in [0.25, 0.3) is 0 Å². The summed E-state index contributed by atoms with van der Waals surface area (Å²) in [5, 5.41) is 2.87. The number of thiol groups is 1. The van der Waals surface area contributed by atoms with Crippen LogP contribution in [0.25, 0.3) is 0 Å². The molecule has 82 valence electrons. The molecule has 1 amide bonds. The number of carbonyl (C=O) groups is 1. The Hall–Kier alpha value is -0.180. The number of rotatable bonds is 3. The van der Waals surface area contributed by atoms with E-state index in [9.17, 15) is 4.79 Å². The van der Waals surface area contributed by atoms with Crippen LogP contribution >= 0.6 is 12.6 Å². The summed E-state index contributed by atoms with van der Waals surface area (Å²) < 4.78 is 0. The third-order valence-electron chi connectivity index (χ3n) is 3.15. The zero-order chi connectivity index (χ0) is 10.6. The number of amides is 1. The van der Waals surface area contributed by atoms with E-state index < -0.39 is 0 Å². The maximum atomic E-state index is 11.4. The highest BCUT2D eigenvalue weighted by Gasteiger charge is 2.21. The number of nitrogens with one attached hydrogen (secondary N) is 1. The molecule has 0 saturated heterocycles. The van der Waals surface area contributed by atoms with Gasteiger partial charge < -0.3 is 5.32 Å². The highest BCUT2D eigenvalue weighted by Crippen LogP contribution is 2.26. The fourth-order valence-corrected chi connectivity index (χ4v) is 2.11. The fourth-order valence-electron chi connectivity index (χ4n) is 2.04. The van der Waals surface area contributed by atoms with Crippen molar-refractivity contribution in [3.05, 3.63) is 0 Å². The van der Waals surface area contributed by atoms with Gasteiger partial charge in [0.1, 0.15) is 0 Å². The van der Waals surface area contributed by atoms with E-state index in [1.165, 1.54) is 19.3 Å². The van der Waals surface area contributed by atoms with Crippen LogP contribution in [0.3, 0.4) is 0 Å². The van der Waals surface area contributed by atoms with E-state index in [0.29, 0.717) is 6.04 Å². The van der Waals surface area contributed by atoms with Gasteiger partial charge in [0.15, 0.2) is 0 Å². The van der Waals surface area contributed by atoms with E-state index in [2.05, 4.69) is 24.9 Å². The van der Waals surface area contributed by atoms with Gasteiger partial charge in [-0.15, -0.1) is 0 Å². The predicted molar refractivity (Wildman–Crippen MR) is 62.6 cm³/mol. The van der Waals surface area contributed by atoms with Crippen molar-refractivity contribution in [1.82, 2.24) is 5.32 Å². The minimum atomic E-state index is -0.182. The van der Waals surface area contributed by atoms with E-state index in [1.54, 1.807) is 0 Å². The Labute approximate surface area is 92.2 Å². The highest BCUT2D eigenvalue weighted by atomic mass is 32.1. The van der Waals surface area contributed by atoms with Gasteiger partial charge in [0.05, 0.1) is 5.25 Å². The quantitative estimate of drug-likeness (QED) is 0.695. The Kier molecular flexibility index (Phi) is 4.79. The second-order valence-electron chi connectivity index (χ2n) is 4.31. The Balaban J connectivity index is 2.25. The number of hydrogen-bond acceptors (Lipinski definition) is 2. The largest absolute Gasteiger partial charge is 0.352 e. The summed E-state index contributed by atoms with van der Waals surface area (Å²) in [6.45, 7) is 4.06. The Morgan fingerprint density at radius 3 is 2.43 bits per heavy atom. The molecule has 1 fully saturated rings. The Bertz CT molecular complexity index is 186. The van der Waals surface area contributed by atoms with E-state index >= 15 is 0 Å². The third-order valence-corrected chi connectivity index (χ3v) is 3.38. The zero-order valence-corrected chi connectivity index (χ0v) is 10.0. The molecule has 3 heteroatoms. The van der Waals surface area contributed by atoms with Crippen molar-refractivity contribution < 1.29 is 4.79 Å². The minimum absolute atomic E-state index is 0.0771. The van der Waals surface area contributed by atoms with Gasteiger partial charge in [0, 0.05) is 6.04 Å². The van der Waals surface area contributed by atoms with Crippen LogP contribution in [0, 0.1) is 5.92 Å². The van der Waals surface area contributed by atoms with E-state index in [0.717, 1.165) is 18.8 Å². The summed E-state index contributed by atoms with van der Waals surface area (Å²) in [4.78, 5) is 11.4. The lowest BCUT2D eigenvalue weighted by Gasteiger charge is -2.28. The maximum absolute atomic E-state index is 11.4. The fraction of sp³-hybridized carbons (Fsp3) is 0.909. The summed E-state index contributed by atoms with van der Waals surface area (Å²) in [7, 11) is 0. The molecule has 1 atom stereocenters. The van der Waals surface area contributed by atoms with Gasteiger partial charge >= 0.3 is 0 Å². The first-order chi connectivity index (χ1) is 6.63. The molecule has 0 aromatic heterocycles. The molecule has 1 unspecified atom stereocenters. The molecule has 1 rings (SSSR count). The molecule has 1 N–H and O–H groups in total. The normalized spacial score (nSPS) is 29.6. The smallest absolute Gasteiger partial charge is 0.232 e. The Morgan fingerprint density at radius 2 is 2.00 bits per heavy atom. The summed E-state index contributed by atoms with van der Waals surface area (Å²) in [5.74, 6) is 0.963. The molecule has 0 bridgehead atoms. The first-order valence-electron chi connectivity index (χ1n) is 5.62. The van der Waals surface area contributed by atoms with Crippen LogP contribution in [-0.2, 0) is 4.79 Å². The van der Waals surface area contributed by atoms with Crippen molar-refractivity contribution in [3.8, 4) is 0 Å². The minimum Gasteiger partial charge on any atom is -0.352 e. The van der Waals surface area contributed by atoms with Gasteiger partial charge in [0.2, 0.25) is 5.91 Å². The standard InChI is InChI=1S/C11H21NOS/c1-3-9-4-6-10(7-5-9)12-11(13)8(2)14/h8-10,14H,3-7H2,1-2H3,(H,12,13). The van der Waals surface area contributed by atoms with Crippen LogP contribution in [0.15, 0.2) is 0 Å². The van der Waals surface area contributed by atoms with Crippen molar-refractivity contribution in [1.29, 1.82) is 0 Å². The van der Waals surface area contributed by atoms with Gasteiger partial charge in [-0.2, -0.15) is 12.6 Å². The average molecular weight is 215 g/mol. The van der Waals surface area contributed by atoms with E-state index in [-0.39, 0.29) is 11.2 Å². The maximum Gasteiger partial charge on any atom is 0.232 e. The lowest BCUT2D eigenvalue weighted by Crippen LogP contribution is -2.40. The van der Waals surface area contributed by atoms with Crippen LogP contribution in [-0.4, -0.2) is 17.2 Å². The molecule has 0 radical (unpaired) electrons. The highest BCUT2D eigenvalue weighted by molar-refractivity contribution is 7.81. The molecule has 2 nitrogen and oxygen atoms in total. The van der Waals surface area contributed by atoms with Gasteiger partial charge in [-0.05, 0) is 38.5 Å². The lowest BCUT2D eigenvalue weighted by molar-refractivity contribution is -0.121. The lowest BCUT2D eigenvalue weighted by atomic mass is 9.84.